The normalized spacial score (nSPS) is 20.5. The van der Waals surface area contributed by atoms with Crippen molar-refractivity contribution in [1.82, 2.24) is 20.7 Å². The van der Waals surface area contributed by atoms with Crippen molar-refractivity contribution in [1.29, 1.82) is 0 Å². The molecule has 0 radical (unpaired) electrons. The third-order valence-corrected chi connectivity index (χ3v) is 5.50. The van der Waals surface area contributed by atoms with Crippen molar-refractivity contribution >= 4 is 16.8 Å². The molecule has 1 fully saturated rings. The predicted molar refractivity (Wildman–Crippen MR) is 102 cm³/mol. The van der Waals surface area contributed by atoms with Crippen LogP contribution in [0.5, 0.6) is 0 Å². The Bertz CT molecular complexity index is 747. The minimum atomic E-state index is -0.0270. The summed E-state index contributed by atoms with van der Waals surface area (Å²) in [6.45, 7) is 9.46. The molecule has 5 heteroatoms. The van der Waals surface area contributed by atoms with Gasteiger partial charge in [-0.1, -0.05) is 32.0 Å². The Morgan fingerprint density at radius 3 is 2.64 bits per heavy atom. The summed E-state index contributed by atoms with van der Waals surface area (Å²) < 4.78 is 2.38. The summed E-state index contributed by atoms with van der Waals surface area (Å²) in [4.78, 5) is 12.4. The van der Waals surface area contributed by atoms with Crippen LogP contribution in [-0.4, -0.2) is 16.6 Å². The molecule has 0 saturated carbocycles. The highest BCUT2D eigenvalue weighted by molar-refractivity contribution is 5.85. The zero-order valence-corrected chi connectivity index (χ0v) is 15.7. The highest BCUT2D eigenvalue weighted by atomic mass is 16.2. The molecule has 25 heavy (non-hydrogen) atoms. The number of benzene rings is 1. The van der Waals surface area contributed by atoms with Gasteiger partial charge in [-0.15, -0.1) is 0 Å². The molecule has 136 valence electrons. The van der Waals surface area contributed by atoms with Crippen LogP contribution >= 0.6 is 0 Å². The quantitative estimate of drug-likeness (QED) is 0.754. The van der Waals surface area contributed by atoms with E-state index < -0.39 is 0 Å². The molecule has 2 unspecified atom stereocenters. The average Bonchev–Trinajstić information content (AvgIpc) is 3.18. The van der Waals surface area contributed by atoms with E-state index in [4.69, 9.17) is 0 Å². The van der Waals surface area contributed by atoms with Gasteiger partial charge in [0.15, 0.2) is 0 Å². The Hall–Kier alpha value is -1.85. The van der Waals surface area contributed by atoms with Gasteiger partial charge >= 0.3 is 0 Å². The summed E-state index contributed by atoms with van der Waals surface area (Å²) >= 11 is 0. The summed E-state index contributed by atoms with van der Waals surface area (Å²) in [5.74, 6) is 0.252. The fourth-order valence-electron chi connectivity index (χ4n) is 4.07. The van der Waals surface area contributed by atoms with E-state index in [2.05, 4.69) is 72.7 Å². The zero-order chi connectivity index (χ0) is 18.0. The van der Waals surface area contributed by atoms with Gasteiger partial charge in [-0.25, -0.2) is 10.9 Å². The maximum atomic E-state index is 12.4. The van der Waals surface area contributed by atoms with Gasteiger partial charge in [0.2, 0.25) is 5.91 Å². The van der Waals surface area contributed by atoms with Gasteiger partial charge in [0, 0.05) is 35.5 Å². The zero-order valence-electron chi connectivity index (χ0n) is 15.7. The lowest BCUT2D eigenvalue weighted by molar-refractivity contribution is -0.126. The highest BCUT2D eigenvalue weighted by Crippen LogP contribution is 2.32. The molecule has 1 aliphatic heterocycles. The van der Waals surface area contributed by atoms with Gasteiger partial charge in [-0.3, -0.25) is 4.79 Å². The number of carbonyl (C=O) groups is 1. The van der Waals surface area contributed by atoms with Crippen molar-refractivity contribution in [3.05, 3.63) is 35.5 Å². The number of aromatic nitrogens is 1. The summed E-state index contributed by atoms with van der Waals surface area (Å²) in [7, 11) is 0. The molecule has 0 bridgehead atoms. The molecule has 3 rings (SSSR count). The fourth-order valence-corrected chi connectivity index (χ4v) is 4.07. The van der Waals surface area contributed by atoms with Gasteiger partial charge in [0.25, 0.3) is 0 Å². The number of hydrogen-bond acceptors (Lipinski definition) is 3. The molecule has 1 aliphatic rings. The number of rotatable bonds is 6. The fraction of sp³-hybridized carbons (Fsp3) is 0.550. The summed E-state index contributed by atoms with van der Waals surface area (Å²) in [5, 5.41) is 4.46. The molecule has 1 aromatic heterocycles. The monoisotopic (exact) mass is 342 g/mol. The first-order valence-electron chi connectivity index (χ1n) is 9.49. The van der Waals surface area contributed by atoms with Crippen LogP contribution in [0, 0.1) is 12.8 Å². The SMILES string of the molecule is CCC(CC)C(=O)NC1CC(c2c(C)c3ccccc3n2CC)NN1. The lowest BCUT2D eigenvalue weighted by atomic mass is 10.0. The Labute approximate surface area is 150 Å². The van der Waals surface area contributed by atoms with Gasteiger partial charge < -0.3 is 9.88 Å². The predicted octanol–water partition coefficient (Wildman–Crippen LogP) is 3.39. The largest absolute Gasteiger partial charge is 0.343 e. The van der Waals surface area contributed by atoms with Crippen molar-refractivity contribution in [3.63, 3.8) is 0 Å². The first kappa shape index (κ1) is 18.0. The molecule has 0 spiro atoms. The van der Waals surface area contributed by atoms with Crippen molar-refractivity contribution < 1.29 is 4.79 Å². The lowest BCUT2D eigenvalue weighted by Crippen LogP contribution is -2.46. The van der Waals surface area contributed by atoms with Crippen LogP contribution in [0.2, 0.25) is 0 Å². The number of para-hydroxylation sites is 1. The second kappa shape index (κ2) is 7.58. The number of nitrogens with one attached hydrogen (secondary N) is 3. The first-order valence-corrected chi connectivity index (χ1v) is 9.49. The Morgan fingerprint density at radius 1 is 1.24 bits per heavy atom. The van der Waals surface area contributed by atoms with E-state index in [9.17, 15) is 4.79 Å². The summed E-state index contributed by atoms with van der Waals surface area (Å²) in [6, 6.07) is 8.76. The molecule has 0 aliphatic carbocycles. The molecular formula is C20H30N4O. The topological polar surface area (TPSA) is 58.1 Å². The van der Waals surface area contributed by atoms with Crippen molar-refractivity contribution in [3.8, 4) is 0 Å². The van der Waals surface area contributed by atoms with Crippen LogP contribution in [0.1, 0.15) is 57.3 Å². The van der Waals surface area contributed by atoms with Crippen LogP contribution in [0.15, 0.2) is 24.3 Å². The second-order valence-corrected chi connectivity index (χ2v) is 6.92. The van der Waals surface area contributed by atoms with Crippen molar-refractivity contribution in [2.45, 2.75) is 65.7 Å². The van der Waals surface area contributed by atoms with E-state index in [1.54, 1.807) is 0 Å². The Balaban J connectivity index is 1.80. The van der Waals surface area contributed by atoms with E-state index in [0.717, 1.165) is 25.8 Å². The van der Waals surface area contributed by atoms with E-state index >= 15 is 0 Å². The lowest BCUT2D eigenvalue weighted by Gasteiger charge is -2.17. The third-order valence-electron chi connectivity index (χ3n) is 5.50. The minimum Gasteiger partial charge on any atom is -0.343 e. The van der Waals surface area contributed by atoms with E-state index in [0.29, 0.717) is 0 Å². The molecule has 5 nitrogen and oxygen atoms in total. The van der Waals surface area contributed by atoms with Crippen LogP contribution in [0.4, 0.5) is 0 Å². The molecule has 2 heterocycles. The van der Waals surface area contributed by atoms with Gasteiger partial charge in [0.05, 0.1) is 12.2 Å². The number of fused-ring (bicyclic) bond motifs is 1. The summed E-state index contributed by atoms with van der Waals surface area (Å²) in [6.07, 6.45) is 2.59. The van der Waals surface area contributed by atoms with Gasteiger partial charge in [0.1, 0.15) is 0 Å². The molecule has 1 amide bonds. The number of amides is 1. The maximum absolute atomic E-state index is 12.4. The number of nitrogens with zero attached hydrogens (tertiary/aromatic N) is 1. The van der Waals surface area contributed by atoms with Crippen molar-refractivity contribution in [2.75, 3.05) is 0 Å². The van der Waals surface area contributed by atoms with E-state index in [1.165, 1.54) is 22.2 Å². The third kappa shape index (κ3) is 3.31. The van der Waals surface area contributed by atoms with Gasteiger partial charge in [-0.2, -0.15) is 0 Å². The van der Waals surface area contributed by atoms with Gasteiger partial charge in [-0.05, 0) is 38.3 Å². The first-order chi connectivity index (χ1) is 12.1. The molecule has 3 N–H and O–H groups in total. The number of carbonyl (C=O) groups excluding carboxylic acids is 1. The van der Waals surface area contributed by atoms with E-state index in [-0.39, 0.29) is 24.0 Å². The van der Waals surface area contributed by atoms with E-state index in [1.807, 2.05) is 0 Å². The van der Waals surface area contributed by atoms with Crippen molar-refractivity contribution in [2.24, 2.45) is 5.92 Å². The number of aryl methyl sites for hydroxylation is 2. The second-order valence-electron chi connectivity index (χ2n) is 6.92. The Kier molecular flexibility index (Phi) is 5.45. The highest BCUT2D eigenvalue weighted by Gasteiger charge is 2.31. The molecule has 1 aromatic carbocycles. The molecule has 2 aromatic rings. The number of hydrazine groups is 1. The molecular weight excluding hydrogens is 312 g/mol. The molecule has 2 atom stereocenters. The number of hydrogen-bond donors (Lipinski definition) is 3. The summed E-state index contributed by atoms with van der Waals surface area (Å²) in [5.41, 5.74) is 10.6. The van der Waals surface area contributed by atoms with Crippen LogP contribution in [0.3, 0.4) is 0 Å². The van der Waals surface area contributed by atoms with Crippen LogP contribution < -0.4 is 16.2 Å². The standard InChI is InChI=1S/C20H30N4O/c1-5-14(6-2)20(25)21-18-12-16(22-23-18)19-13(4)15-10-8-9-11-17(15)24(19)7-3/h8-11,14,16,18,22-23H,5-7,12H2,1-4H3,(H,21,25). The smallest absolute Gasteiger partial charge is 0.224 e. The Morgan fingerprint density at radius 2 is 1.96 bits per heavy atom. The minimum absolute atomic E-state index is 0.0270. The van der Waals surface area contributed by atoms with Crippen LogP contribution in [0.25, 0.3) is 10.9 Å². The average molecular weight is 342 g/mol. The van der Waals surface area contributed by atoms with Crippen LogP contribution in [-0.2, 0) is 11.3 Å². The maximum Gasteiger partial charge on any atom is 0.224 e. The molecule has 1 saturated heterocycles.